The molecule has 6 rings (SSSR count). The molecule has 4 atom stereocenters. The summed E-state index contributed by atoms with van der Waals surface area (Å²) < 4.78 is 28.7. The van der Waals surface area contributed by atoms with Gasteiger partial charge in [0, 0.05) is 6.20 Å². The summed E-state index contributed by atoms with van der Waals surface area (Å²) in [7, 11) is 0. The predicted octanol–water partition coefficient (Wildman–Crippen LogP) is 4.24. The second-order valence-corrected chi connectivity index (χ2v) is 8.19. The lowest BCUT2D eigenvalue weighted by molar-refractivity contribution is 0.112. The van der Waals surface area contributed by atoms with E-state index in [0.29, 0.717) is 5.92 Å². The van der Waals surface area contributed by atoms with Crippen molar-refractivity contribution in [1.82, 2.24) is 20.2 Å². The third-order valence-corrected chi connectivity index (χ3v) is 7.05. The van der Waals surface area contributed by atoms with E-state index in [0.717, 1.165) is 29.8 Å². The van der Waals surface area contributed by atoms with Crippen molar-refractivity contribution in [3.8, 4) is 11.3 Å². The number of halogens is 2. The van der Waals surface area contributed by atoms with Crippen LogP contribution in [0.3, 0.4) is 0 Å². The van der Waals surface area contributed by atoms with E-state index in [1.54, 1.807) is 6.20 Å². The van der Waals surface area contributed by atoms with Crippen LogP contribution in [0.1, 0.15) is 49.6 Å². The lowest BCUT2D eigenvalue weighted by Crippen LogP contribution is -2.51. The second-order valence-electron chi connectivity index (χ2n) is 8.19. The highest BCUT2D eigenvalue weighted by atomic mass is 19.1. The standard InChI is InChI=1S/C22H21F2N5/c1-11-12(2)22(18-7-9-26-21(25)27-18)8-6-13(11)14-10-17(28-29-20(14)22)19-15(23)4-3-5-16(19)24/h3-5,7,9-13H,6,8H2,1-2H3,(H2,25,26,27)/t11?,12?,13-,22+/m1/s1. The Bertz CT molecular complexity index is 1100. The lowest BCUT2D eigenvalue weighted by atomic mass is 9.50. The molecule has 29 heavy (non-hydrogen) atoms. The quantitative estimate of drug-likeness (QED) is 0.704. The number of nitrogens with two attached hydrogens (primary N) is 1. The maximum absolute atomic E-state index is 14.3. The summed E-state index contributed by atoms with van der Waals surface area (Å²) in [5.74, 6) is -0.155. The van der Waals surface area contributed by atoms with E-state index in [1.807, 2.05) is 12.1 Å². The summed E-state index contributed by atoms with van der Waals surface area (Å²) in [6.45, 7) is 4.44. The van der Waals surface area contributed by atoms with Gasteiger partial charge >= 0.3 is 0 Å². The molecule has 0 aliphatic heterocycles. The van der Waals surface area contributed by atoms with Crippen LogP contribution < -0.4 is 5.73 Å². The molecule has 1 saturated carbocycles. The van der Waals surface area contributed by atoms with Crippen LogP contribution >= 0.6 is 0 Å². The number of aromatic nitrogens is 4. The molecular weight excluding hydrogens is 372 g/mol. The van der Waals surface area contributed by atoms with Crippen molar-refractivity contribution in [2.45, 2.75) is 38.0 Å². The maximum Gasteiger partial charge on any atom is 0.220 e. The number of anilines is 1. The molecule has 0 spiro atoms. The average Bonchev–Trinajstić information content (AvgIpc) is 2.71. The fourth-order valence-corrected chi connectivity index (χ4v) is 5.45. The van der Waals surface area contributed by atoms with Gasteiger partial charge in [-0.15, -0.1) is 5.10 Å². The molecule has 7 heteroatoms. The topological polar surface area (TPSA) is 77.6 Å². The first-order valence-corrected chi connectivity index (χ1v) is 9.85. The molecule has 0 amide bonds. The summed E-state index contributed by atoms with van der Waals surface area (Å²) in [4.78, 5) is 8.57. The van der Waals surface area contributed by atoms with E-state index >= 15 is 0 Å². The molecule has 0 saturated heterocycles. The SMILES string of the molecule is CC1C(C)[C@]2(c3ccnc(N)n3)CC[C@H]1c1cc(-c3c(F)cccc3F)nnc12. The predicted molar refractivity (Wildman–Crippen MR) is 105 cm³/mol. The van der Waals surface area contributed by atoms with Gasteiger partial charge in [-0.05, 0) is 60.4 Å². The zero-order chi connectivity index (χ0) is 20.3. The number of fused-ring (bicyclic) bond motifs is 2. The van der Waals surface area contributed by atoms with Crippen molar-refractivity contribution < 1.29 is 8.78 Å². The zero-order valence-corrected chi connectivity index (χ0v) is 16.2. The van der Waals surface area contributed by atoms with Gasteiger partial charge in [0.1, 0.15) is 11.6 Å². The monoisotopic (exact) mass is 393 g/mol. The van der Waals surface area contributed by atoms with Crippen LogP contribution in [-0.2, 0) is 5.41 Å². The smallest absolute Gasteiger partial charge is 0.220 e. The Morgan fingerprint density at radius 3 is 2.59 bits per heavy atom. The first-order valence-electron chi connectivity index (χ1n) is 9.85. The molecule has 2 bridgehead atoms. The molecule has 2 N–H and O–H groups in total. The number of hydrogen-bond donors (Lipinski definition) is 1. The summed E-state index contributed by atoms with van der Waals surface area (Å²) in [5, 5.41) is 8.79. The van der Waals surface area contributed by atoms with Gasteiger partial charge in [-0.25, -0.2) is 18.7 Å². The van der Waals surface area contributed by atoms with Crippen molar-refractivity contribution in [2.75, 3.05) is 5.73 Å². The van der Waals surface area contributed by atoms with Crippen LogP contribution in [0.5, 0.6) is 0 Å². The van der Waals surface area contributed by atoms with Crippen LogP contribution in [0.2, 0.25) is 0 Å². The number of nitrogen functional groups attached to an aromatic ring is 1. The molecular formula is C22H21F2N5. The van der Waals surface area contributed by atoms with Crippen LogP contribution in [0.15, 0.2) is 36.5 Å². The Kier molecular flexibility index (Phi) is 3.91. The Balaban J connectivity index is 1.75. The van der Waals surface area contributed by atoms with Crippen LogP contribution in [0.25, 0.3) is 11.3 Å². The Morgan fingerprint density at radius 2 is 1.86 bits per heavy atom. The van der Waals surface area contributed by atoms with E-state index in [9.17, 15) is 8.78 Å². The molecule has 2 aromatic heterocycles. The molecule has 0 radical (unpaired) electrons. The van der Waals surface area contributed by atoms with E-state index in [4.69, 9.17) is 5.73 Å². The minimum absolute atomic E-state index is 0.134. The van der Waals surface area contributed by atoms with Crippen LogP contribution in [-0.4, -0.2) is 20.2 Å². The minimum atomic E-state index is -0.639. The lowest BCUT2D eigenvalue weighted by Gasteiger charge is -2.54. The van der Waals surface area contributed by atoms with Gasteiger partial charge in [0.15, 0.2) is 0 Å². The summed E-state index contributed by atoms with van der Waals surface area (Å²) in [6.07, 6.45) is 3.50. The molecule has 1 fully saturated rings. The fourth-order valence-electron chi connectivity index (χ4n) is 5.45. The zero-order valence-electron chi connectivity index (χ0n) is 16.2. The largest absolute Gasteiger partial charge is 0.368 e. The number of nitrogens with zero attached hydrogens (tertiary/aromatic N) is 4. The summed E-state index contributed by atoms with van der Waals surface area (Å²) in [6, 6.07) is 7.53. The van der Waals surface area contributed by atoms with Gasteiger partial charge in [-0.1, -0.05) is 19.9 Å². The third kappa shape index (κ3) is 2.42. The van der Waals surface area contributed by atoms with Crippen molar-refractivity contribution in [1.29, 1.82) is 0 Å². The molecule has 148 valence electrons. The van der Waals surface area contributed by atoms with Gasteiger partial charge in [0.25, 0.3) is 0 Å². The highest BCUT2D eigenvalue weighted by Gasteiger charge is 2.56. The van der Waals surface area contributed by atoms with Gasteiger partial charge in [0.2, 0.25) is 5.95 Å². The molecule has 5 nitrogen and oxygen atoms in total. The molecule has 3 aliphatic rings. The number of rotatable bonds is 2. The molecule has 2 unspecified atom stereocenters. The Hall–Kier alpha value is -2.96. The first-order chi connectivity index (χ1) is 13.9. The van der Waals surface area contributed by atoms with Gasteiger partial charge in [-0.2, -0.15) is 5.10 Å². The van der Waals surface area contributed by atoms with Crippen molar-refractivity contribution in [3.63, 3.8) is 0 Å². The van der Waals surface area contributed by atoms with E-state index in [1.165, 1.54) is 18.2 Å². The molecule has 1 aromatic carbocycles. The van der Waals surface area contributed by atoms with Gasteiger partial charge in [-0.3, -0.25) is 0 Å². The van der Waals surface area contributed by atoms with Crippen LogP contribution in [0, 0.1) is 23.5 Å². The molecule has 3 aromatic rings. The van der Waals surface area contributed by atoms with E-state index < -0.39 is 17.0 Å². The summed E-state index contributed by atoms with van der Waals surface area (Å²) in [5.41, 5.74) is 8.23. The van der Waals surface area contributed by atoms with Gasteiger partial charge in [0.05, 0.1) is 28.1 Å². The molecule has 3 aliphatic carbocycles. The Morgan fingerprint density at radius 1 is 1.10 bits per heavy atom. The van der Waals surface area contributed by atoms with E-state index in [2.05, 4.69) is 34.0 Å². The highest BCUT2D eigenvalue weighted by molar-refractivity contribution is 5.63. The molecule has 2 heterocycles. The third-order valence-electron chi connectivity index (χ3n) is 7.05. The summed E-state index contributed by atoms with van der Waals surface area (Å²) >= 11 is 0. The van der Waals surface area contributed by atoms with Crippen molar-refractivity contribution in [3.05, 3.63) is 65.1 Å². The maximum atomic E-state index is 14.3. The van der Waals surface area contributed by atoms with Crippen molar-refractivity contribution in [2.24, 2.45) is 11.8 Å². The Labute approximate surface area is 167 Å². The van der Waals surface area contributed by atoms with Crippen molar-refractivity contribution >= 4 is 5.95 Å². The normalized spacial score (nSPS) is 27.7. The number of hydrogen-bond acceptors (Lipinski definition) is 5. The number of benzene rings is 1. The fraction of sp³-hybridized carbons (Fsp3) is 0.364. The highest BCUT2D eigenvalue weighted by Crippen LogP contribution is 2.60. The van der Waals surface area contributed by atoms with Gasteiger partial charge < -0.3 is 5.73 Å². The first kappa shape index (κ1) is 18.1. The van der Waals surface area contributed by atoms with Crippen LogP contribution in [0.4, 0.5) is 14.7 Å². The average molecular weight is 393 g/mol. The van der Waals surface area contributed by atoms with E-state index in [-0.39, 0.29) is 29.0 Å². The second kappa shape index (κ2) is 6.27. The minimum Gasteiger partial charge on any atom is -0.368 e.